The molecule has 0 radical (unpaired) electrons. The summed E-state index contributed by atoms with van der Waals surface area (Å²) >= 11 is 1.32. The van der Waals surface area contributed by atoms with Gasteiger partial charge in [0, 0.05) is 25.4 Å². The van der Waals surface area contributed by atoms with E-state index in [1.54, 1.807) is 17.8 Å². The van der Waals surface area contributed by atoms with E-state index in [4.69, 9.17) is 0 Å². The number of anilines is 1. The largest absolute Gasteiger partial charge is 0.371 e. The fourth-order valence-corrected chi connectivity index (χ4v) is 2.49. The summed E-state index contributed by atoms with van der Waals surface area (Å²) in [7, 11) is 1.88. The fraction of sp³-hybridized carbons (Fsp3) is 0.364. The molecule has 0 aliphatic rings. The van der Waals surface area contributed by atoms with Crippen LogP contribution in [0.25, 0.3) is 0 Å². The first kappa shape index (κ1) is 11.8. The minimum absolute atomic E-state index is 0.0462. The van der Waals surface area contributed by atoms with E-state index in [1.807, 2.05) is 20.2 Å². The summed E-state index contributed by atoms with van der Waals surface area (Å²) in [6.45, 7) is 4.06. The summed E-state index contributed by atoms with van der Waals surface area (Å²) in [6, 6.07) is 0. The van der Waals surface area contributed by atoms with Gasteiger partial charge in [-0.05, 0) is 25.4 Å². The zero-order valence-electron chi connectivity index (χ0n) is 10.0. The topological polar surface area (TPSA) is 59.8 Å². The predicted molar refractivity (Wildman–Crippen MR) is 67.4 cm³/mol. The molecule has 0 saturated heterocycles. The second-order valence-electron chi connectivity index (χ2n) is 3.90. The average molecular weight is 250 g/mol. The number of nitrogens with one attached hydrogen (secondary N) is 1. The first-order valence-electron chi connectivity index (χ1n) is 5.26. The molecular formula is C11H14N4OS. The van der Waals surface area contributed by atoms with Gasteiger partial charge < -0.3 is 5.32 Å². The molecule has 0 aliphatic heterocycles. The van der Waals surface area contributed by atoms with Crippen molar-refractivity contribution in [1.29, 1.82) is 0 Å². The molecule has 0 saturated carbocycles. The van der Waals surface area contributed by atoms with Gasteiger partial charge in [0.15, 0.2) is 5.78 Å². The maximum Gasteiger partial charge on any atom is 0.164 e. The third-order valence-corrected chi connectivity index (χ3v) is 3.32. The van der Waals surface area contributed by atoms with Crippen LogP contribution in [0, 0.1) is 6.92 Å². The van der Waals surface area contributed by atoms with Gasteiger partial charge >= 0.3 is 0 Å². The Kier molecular flexibility index (Phi) is 3.23. The lowest BCUT2D eigenvalue weighted by atomic mass is 10.2. The van der Waals surface area contributed by atoms with Crippen LogP contribution in [0.3, 0.4) is 0 Å². The quantitative estimate of drug-likeness (QED) is 0.843. The van der Waals surface area contributed by atoms with Gasteiger partial charge in [0.05, 0.1) is 17.5 Å². The minimum atomic E-state index is 0.0462. The Balaban J connectivity index is 2.11. The number of aryl methyl sites for hydroxylation is 2. The normalized spacial score (nSPS) is 10.5. The van der Waals surface area contributed by atoms with Crippen LogP contribution < -0.4 is 5.32 Å². The van der Waals surface area contributed by atoms with Crippen molar-refractivity contribution < 1.29 is 4.79 Å². The van der Waals surface area contributed by atoms with Crippen molar-refractivity contribution in [3.63, 3.8) is 0 Å². The van der Waals surface area contributed by atoms with Gasteiger partial charge in [-0.3, -0.25) is 9.48 Å². The molecule has 2 rings (SSSR count). The van der Waals surface area contributed by atoms with Crippen molar-refractivity contribution in [2.75, 3.05) is 5.32 Å². The lowest BCUT2D eigenvalue weighted by Gasteiger charge is -2.03. The Morgan fingerprint density at radius 2 is 2.35 bits per heavy atom. The summed E-state index contributed by atoms with van der Waals surface area (Å²) in [5.74, 6) is 0.0462. The zero-order valence-corrected chi connectivity index (χ0v) is 10.8. The van der Waals surface area contributed by atoms with Crippen molar-refractivity contribution in [1.82, 2.24) is 14.2 Å². The minimum Gasteiger partial charge on any atom is -0.371 e. The molecule has 90 valence electrons. The molecule has 0 unspecified atom stereocenters. The van der Waals surface area contributed by atoms with Crippen LogP contribution in [-0.2, 0) is 13.6 Å². The van der Waals surface area contributed by atoms with Gasteiger partial charge in [-0.15, -0.1) is 0 Å². The second-order valence-corrected chi connectivity index (χ2v) is 4.68. The van der Waals surface area contributed by atoms with Gasteiger partial charge in [-0.25, -0.2) is 0 Å². The van der Waals surface area contributed by atoms with Crippen molar-refractivity contribution in [3.05, 3.63) is 29.2 Å². The highest BCUT2D eigenvalue weighted by Gasteiger charge is 2.14. The van der Waals surface area contributed by atoms with Gasteiger partial charge in [0.2, 0.25) is 0 Å². The molecule has 1 N–H and O–H groups in total. The van der Waals surface area contributed by atoms with E-state index >= 15 is 0 Å². The van der Waals surface area contributed by atoms with E-state index in [9.17, 15) is 4.79 Å². The number of nitrogens with zero attached hydrogens (tertiary/aromatic N) is 3. The fourth-order valence-electron chi connectivity index (χ4n) is 1.65. The van der Waals surface area contributed by atoms with Gasteiger partial charge in [-0.2, -0.15) is 9.47 Å². The standard InChI is InChI=1S/C11H14N4OS/c1-7-10(8(2)16)11(17-14-7)12-4-9-5-13-15(3)6-9/h5-6,12H,4H2,1-3H3. The Hall–Kier alpha value is -1.69. The molecule has 0 bridgehead atoms. The Morgan fingerprint density at radius 1 is 1.59 bits per heavy atom. The lowest BCUT2D eigenvalue weighted by molar-refractivity contribution is 0.101. The summed E-state index contributed by atoms with van der Waals surface area (Å²) < 4.78 is 5.94. The summed E-state index contributed by atoms with van der Waals surface area (Å²) in [6.07, 6.45) is 3.74. The third kappa shape index (κ3) is 2.52. The van der Waals surface area contributed by atoms with E-state index < -0.39 is 0 Å². The van der Waals surface area contributed by atoms with Gasteiger partial charge in [-0.1, -0.05) is 0 Å². The number of carbonyl (C=O) groups excluding carboxylic acids is 1. The zero-order chi connectivity index (χ0) is 12.4. The monoisotopic (exact) mass is 250 g/mol. The molecule has 0 spiro atoms. The van der Waals surface area contributed by atoms with Crippen molar-refractivity contribution >= 4 is 22.3 Å². The SMILES string of the molecule is CC(=O)c1c(C)nsc1NCc1cnn(C)c1. The highest BCUT2D eigenvalue weighted by atomic mass is 32.1. The van der Waals surface area contributed by atoms with Crippen LogP contribution in [0.4, 0.5) is 5.00 Å². The number of aromatic nitrogens is 3. The van der Waals surface area contributed by atoms with E-state index in [1.165, 1.54) is 11.5 Å². The van der Waals surface area contributed by atoms with Gasteiger partial charge in [0.1, 0.15) is 5.00 Å². The number of hydrogen-bond donors (Lipinski definition) is 1. The summed E-state index contributed by atoms with van der Waals surface area (Å²) in [5.41, 5.74) is 2.56. The van der Waals surface area contributed by atoms with E-state index in [0.29, 0.717) is 12.1 Å². The van der Waals surface area contributed by atoms with Crippen LogP contribution >= 0.6 is 11.5 Å². The molecule has 17 heavy (non-hydrogen) atoms. The molecule has 2 heterocycles. The molecule has 0 aliphatic carbocycles. The highest BCUT2D eigenvalue weighted by molar-refractivity contribution is 7.10. The Bertz CT molecular complexity index is 543. The van der Waals surface area contributed by atoms with Crippen molar-refractivity contribution in [2.24, 2.45) is 7.05 Å². The van der Waals surface area contributed by atoms with Crippen LogP contribution in [-0.4, -0.2) is 19.9 Å². The first-order valence-corrected chi connectivity index (χ1v) is 6.04. The molecule has 0 amide bonds. The lowest BCUT2D eigenvalue weighted by Crippen LogP contribution is -2.02. The van der Waals surface area contributed by atoms with Crippen LogP contribution in [0.15, 0.2) is 12.4 Å². The van der Waals surface area contributed by atoms with E-state index in [2.05, 4.69) is 14.8 Å². The molecule has 5 nitrogen and oxygen atoms in total. The number of hydrogen-bond acceptors (Lipinski definition) is 5. The van der Waals surface area contributed by atoms with Crippen LogP contribution in [0.1, 0.15) is 28.5 Å². The third-order valence-electron chi connectivity index (χ3n) is 2.43. The Labute approximate surface area is 104 Å². The second kappa shape index (κ2) is 4.67. The number of Topliss-reactive ketones (excluding diaryl/α,β-unsaturated/α-hetero) is 1. The van der Waals surface area contributed by atoms with Crippen LogP contribution in [0.5, 0.6) is 0 Å². The summed E-state index contributed by atoms with van der Waals surface area (Å²) in [5, 5.41) is 8.15. The first-order chi connectivity index (χ1) is 8.08. The summed E-state index contributed by atoms with van der Waals surface area (Å²) in [4.78, 5) is 11.5. The highest BCUT2D eigenvalue weighted by Crippen LogP contribution is 2.25. The van der Waals surface area contributed by atoms with E-state index in [0.717, 1.165) is 16.3 Å². The molecule has 6 heteroatoms. The molecule has 0 aromatic carbocycles. The van der Waals surface area contributed by atoms with Crippen LogP contribution in [0.2, 0.25) is 0 Å². The molecule has 0 atom stereocenters. The maximum atomic E-state index is 11.5. The average Bonchev–Trinajstić information content (AvgIpc) is 2.82. The molecular weight excluding hydrogens is 236 g/mol. The van der Waals surface area contributed by atoms with Gasteiger partial charge in [0.25, 0.3) is 0 Å². The van der Waals surface area contributed by atoms with Crippen molar-refractivity contribution in [3.8, 4) is 0 Å². The predicted octanol–water partition coefficient (Wildman–Crippen LogP) is 2.00. The van der Waals surface area contributed by atoms with E-state index in [-0.39, 0.29) is 5.78 Å². The number of carbonyl (C=O) groups is 1. The smallest absolute Gasteiger partial charge is 0.164 e. The van der Waals surface area contributed by atoms with Crippen molar-refractivity contribution in [2.45, 2.75) is 20.4 Å². The Morgan fingerprint density at radius 3 is 2.94 bits per heavy atom. The molecule has 2 aromatic rings. The molecule has 0 fully saturated rings. The number of ketones is 1. The molecule has 2 aromatic heterocycles. The maximum absolute atomic E-state index is 11.5. The number of rotatable bonds is 4.